The predicted octanol–water partition coefficient (Wildman–Crippen LogP) is 8.89. The van der Waals surface area contributed by atoms with Crippen LogP contribution in [0, 0.1) is 5.92 Å². The van der Waals surface area contributed by atoms with Crippen LogP contribution in [0.4, 0.5) is 0 Å². The first-order valence-electron chi connectivity index (χ1n) is 11.6. The zero-order chi connectivity index (χ0) is 22.5. The van der Waals surface area contributed by atoms with E-state index >= 15 is 0 Å². The summed E-state index contributed by atoms with van der Waals surface area (Å²) in [6, 6.07) is 22.6. The molecule has 0 aliphatic heterocycles. The fourth-order valence-corrected chi connectivity index (χ4v) is 9.17. The van der Waals surface area contributed by atoms with Crippen molar-refractivity contribution >= 4 is 55.5 Å². The molecule has 0 saturated heterocycles. The van der Waals surface area contributed by atoms with Gasteiger partial charge in [-0.3, -0.25) is 0 Å². The first-order chi connectivity index (χ1) is 15.3. The summed E-state index contributed by atoms with van der Waals surface area (Å²) in [4.78, 5) is 4.93. The molecule has 0 aliphatic carbocycles. The van der Waals surface area contributed by atoms with Crippen LogP contribution in [0.3, 0.4) is 0 Å². The summed E-state index contributed by atoms with van der Waals surface area (Å²) in [5.41, 5.74) is 5.34. The Kier molecular flexibility index (Phi) is 5.63. The summed E-state index contributed by atoms with van der Waals surface area (Å²) in [7, 11) is 0. The summed E-state index contributed by atoms with van der Waals surface area (Å²) < 4.78 is 2.74. The van der Waals surface area contributed by atoms with Gasteiger partial charge in [0.25, 0.3) is 0 Å². The van der Waals surface area contributed by atoms with Crippen LogP contribution in [0.2, 0.25) is 17.3 Å². The summed E-state index contributed by atoms with van der Waals surface area (Å²) in [5.74, 6) is 8.16. The van der Waals surface area contributed by atoms with E-state index in [4.69, 9.17) is 4.98 Å². The van der Waals surface area contributed by atoms with Crippen LogP contribution < -0.4 is 0 Å². The molecule has 0 fully saturated rings. The number of rotatable bonds is 5. The number of fused-ring (bicyclic) bond motifs is 4. The van der Waals surface area contributed by atoms with Crippen LogP contribution in [0.5, 0.6) is 0 Å². The van der Waals surface area contributed by atoms with Gasteiger partial charge in [-0.25, -0.2) is 0 Å². The van der Waals surface area contributed by atoms with E-state index in [0.29, 0.717) is 5.92 Å². The number of hydrogen-bond donors (Lipinski definition) is 0. The molecule has 0 amide bonds. The predicted molar refractivity (Wildman–Crippen MR) is 146 cm³/mol. The SMILES string of the molecule is CC(C)Cc1cccc2c1sc1c(-c3cc([CH2][Ge]([CH3])([CH3])[CH3])c4ccccc4c3)nccc12. The molecule has 0 unspecified atom stereocenters. The van der Waals surface area contributed by atoms with Crippen LogP contribution >= 0.6 is 11.3 Å². The average Bonchev–Trinajstić information content (AvgIpc) is 3.12. The minimum absolute atomic E-state index is 0.648. The molecule has 0 aliphatic rings. The van der Waals surface area contributed by atoms with Gasteiger partial charge in [-0.2, -0.15) is 0 Å². The Balaban J connectivity index is 1.76. The second-order valence-corrected chi connectivity index (χ2v) is 23.1. The number of nitrogens with zero attached hydrogens (tertiary/aromatic N) is 1. The molecular weight excluding hydrogens is 467 g/mol. The van der Waals surface area contributed by atoms with Gasteiger partial charge in [0.1, 0.15) is 0 Å². The Labute approximate surface area is 197 Å². The fraction of sp³-hybridized carbons (Fsp3) is 0.276. The molecule has 2 heterocycles. The number of thiophene rings is 1. The molecule has 1 nitrogen and oxygen atoms in total. The minimum atomic E-state index is -1.78. The molecule has 0 spiro atoms. The van der Waals surface area contributed by atoms with Gasteiger partial charge in [0.05, 0.1) is 0 Å². The summed E-state index contributed by atoms with van der Waals surface area (Å²) in [6.07, 6.45) is 3.11. The molecule has 0 bridgehead atoms. The summed E-state index contributed by atoms with van der Waals surface area (Å²) >= 11 is 0.145. The molecule has 0 N–H and O–H groups in total. The number of hydrogen-bond acceptors (Lipinski definition) is 2. The third-order valence-electron chi connectivity index (χ3n) is 6.07. The first-order valence-corrected chi connectivity index (χ1v) is 20.2. The Bertz CT molecular complexity index is 1440. The van der Waals surface area contributed by atoms with Gasteiger partial charge in [0.2, 0.25) is 0 Å². The van der Waals surface area contributed by atoms with Crippen LogP contribution in [0.25, 0.3) is 42.2 Å². The van der Waals surface area contributed by atoms with E-state index in [0.717, 1.165) is 12.1 Å². The van der Waals surface area contributed by atoms with Gasteiger partial charge < -0.3 is 0 Å². The number of pyridine rings is 1. The normalized spacial score (nSPS) is 12.4. The number of benzene rings is 3. The summed E-state index contributed by atoms with van der Waals surface area (Å²) in [6.45, 7) is 4.60. The third-order valence-corrected chi connectivity index (χ3v) is 10.4. The van der Waals surface area contributed by atoms with Crippen molar-refractivity contribution in [2.45, 2.75) is 42.8 Å². The van der Waals surface area contributed by atoms with E-state index in [9.17, 15) is 0 Å². The van der Waals surface area contributed by atoms with E-state index in [1.54, 1.807) is 0 Å². The van der Waals surface area contributed by atoms with Crippen molar-refractivity contribution in [2.24, 2.45) is 5.92 Å². The molecular formula is C29H31GeNS. The van der Waals surface area contributed by atoms with Crippen LogP contribution in [-0.2, 0) is 11.7 Å². The van der Waals surface area contributed by atoms with Crippen LogP contribution in [0.15, 0.2) is 66.9 Å². The maximum absolute atomic E-state index is 4.93. The van der Waals surface area contributed by atoms with Crippen molar-refractivity contribution in [3.8, 4) is 11.3 Å². The third kappa shape index (κ3) is 4.11. The Hall–Kier alpha value is -2.17. The van der Waals surface area contributed by atoms with E-state index in [1.807, 2.05) is 17.5 Å². The van der Waals surface area contributed by atoms with Crippen molar-refractivity contribution in [1.82, 2.24) is 4.98 Å². The van der Waals surface area contributed by atoms with Gasteiger partial charge in [0.15, 0.2) is 0 Å². The Morgan fingerprint density at radius 2 is 1.56 bits per heavy atom. The van der Waals surface area contributed by atoms with Crippen molar-refractivity contribution in [3.05, 3.63) is 78.0 Å². The molecule has 3 aromatic carbocycles. The fourth-order valence-electron chi connectivity index (χ4n) is 4.83. The Morgan fingerprint density at radius 1 is 0.812 bits per heavy atom. The number of aromatic nitrogens is 1. The molecule has 5 aromatic rings. The summed E-state index contributed by atoms with van der Waals surface area (Å²) in [5, 5.41) is 6.67. The van der Waals surface area contributed by atoms with Gasteiger partial charge in [0, 0.05) is 0 Å². The van der Waals surface area contributed by atoms with Gasteiger partial charge in [-0.15, -0.1) is 0 Å². The van der Waals surface area contributed by atoms with Crippen molar-refractivity contribution in [3.63, 3.8) is 0 Å². The zero-order valence-electron chi connectivity index (χ0n) is 19.7. The first kappa shape index (κ1) is 21.7. The van der Waals surface area contributed by atoms with Crippen molar-refractivity contribution in [1.29, 1.82) is 0 Å². The van der Waals surface area contributed by atoms with E-state index < -0.39 is 13.3 Å². The van der Waals surface area contributed by atoms with Gasteiger partial charge >= 0.3 is 198 Å². The molecule has 162 valence electrons. The molecule has 0 atom stereocenters. The Morgan fingerprint density at radius 3 is 2.34 bits per heavy atom. The monoisotopic (exact) mass is 499 g/mol. The van der Waals surface area contributed by atoms with Crippen LogP contribution in [-0.4, -0.2) is 18.3 Å². The zero-order valence-corrected chi connectivity index (χ0v) is 22.6. The maximum atomic E-state index is 4.93. The molecule has 0 saturated carbocycles. The molecule has 3 heteroatoms. The van der Waals surface area contributed by atoms with Gasteiger partial charge in [-0.05, 0) is 0 Å². The van der Waals surface area contributed by atoms with Crippen LogP contribution in [0.1, 0.15) is 25.0 Å². The quantitative estimate of drug-likeness (QED) is 0.221. The van der Waals surface area contributed by atoms with E-state index in [-0.39, 0.29) is 0 Å². The van der Waals surface area contributed by atoms with E-state index in [2.05, 4.69) is 91.8 Å². The molecule has 2 aromatic heterocycles. The van der Waals surface area contributed by atoms with E-state index in [1.165, 1.54) is 52.9 Å². The van der Waals surface area contributed by atoms with Crippen molar-refractivity contribution in [2.75, 3.05) is 0 Å². The molecule has 0 radical (unpaired) electrons. The molecule has 32 heavy (non-hydrogen) atoms. The van der Waals surface area contributed by atoms with Crippen molar-refractivity contribution < 1.29 is 0 Å². The second-order valence-electron chi connectivity index (χ2n) is 10.6. The topological polar surface area (TPSA) is 12.9 Å². The average molecular weight is 498 g/mol. The molecule has 5 rings (SSSR count). The van der Waals surface area contributed by atoms with Gasteiger partial charge in [-0.1, -0.05) is 0 Å². The standard InChI is InChI=1S/C29H31GeNS/c1-19(2)15-21-10-8-12-25-26-13-14-31-27(29(26)32-28(21)25)22-16-20-9-6-7-11-24(20)23(17-22)18-30(3,4)5/h6-14,16-17,19H,15,18H2,1-5H3. The second kappa shape index (κ2) is 8.31.